The Balaban J connectivity index is 2.17. The number of hydrogen-bond acceptors (Lipinski definition) is 2. The number of ether oxygens (including phenoxy) is 1. The molecular weight excluding hydrogens is 192 g/mol. The van der Waals surface area contributed by atoms with Crippen molar-refractivity contribution >= 4 is 5.97 Å². The number of para-hydroxylation sites is 1. The Hall–Kier alpha value is -1.51. The molecule has 80 valence electrons. The minimum Gasteiger partial charge on any atom is -0.478 e. The molecule has 0 saturated heterocycles. The summed E-state index contributed by atoms with van der Waals surface area (Å²) in [7, 11) is 0. The first-order valence-electron chi connectivity index (χ1n) is 5.10. The molecule has 0 heterocycles. The molecule has 1 atom stereocenters. The zero-order valence-electron chi connectivity index (χ0n) is 8.64. The van der Waals surface area contributed by atoms with E-state index in [1.807, 2.05) is 18.2 Å². The number of carboxylic acids is 1. The van der Waals surface area contributed by atoms with Crippen LogP contribution in [0.3, 0.4) is 0 Å². The van der Waals surface area contributed by atoms with Crippen LogP contribution in [0.4, 0.5) is 0 Å². The second-order valence-corrected chi connectivity index (χ2v) is 4.10. The van der Waals surface area contributed by atoms with E-state index in [0.717, 1.165) is 12.8 Å². The quantitative estimate of drug-likeness (QED) is 0.822. The van der Waals surface area contributed by atoms with Gasteiger partial charge in [-0.1, -0.05) is 18.2 Å². The number of aliphatic carboxylic acids is 1. The van der Waals surface area contributed by atoms with E-state index < -0.39 is 11.6 Å². The van der Waals surface area contributed by atoms with Gasteiger partial charge in [-0.25, -0.2) is 4.79 Å². The maximum absolute atomic E-state index is 11.2. The van der Waals surface area contributed by atoms with Crippen LogP contribution in [0.2, 0.25) is 0 Å². The molecule has 3 nitrogen and oxygen atoms in total. The van der Waals surface area contributed by atoms with E-state index in [1.165, 1.54) is 0 Å². The van der Waals surface area contributed by atoms with E-state index >= 15 is 0 Å². The summed E-state index contributed by atoms with van der Waals surface area (Å²) in [6.45, 7) is 1.65. The second-order valence-electron chi connectivity index (χ2n) is 4.10. The van der Waals surface area contributed by atoms with E-state index in [0.29, 0.717) is 5.75 Å². The first kappa shape index (κ1) is 10.0. The van der Waals surface area contributed by atoms with E-state index in [9.17, 15) is 9.90 Å². The lowest BCUT2D eigenvalue weighted by Crippen LogP contribution is -2.43. The average molecular weight is 206 g/mol. The first-order valence-corrected chi connectivity index (χ1v) is 5.10. The van der Waals surface area contributed by atoms with Crippen LogP contribution in [-0.4, -0.2) is 16.7 Å². The lowest BCUT2D eigenvalue weighted by Gasteiger charge is -2.26. The molecule has 1 fully saturated rings. The maximum atomic E-state index is 11.2. The third-order valence-corrected chi connectivity index (χ3v) is 2.85. The van der Waals surface area contributed by atoms with E-state index in [4.69, 9.17) is 4.74 Å². The molecule has 1 unspecified atom stereocenters. The third kappa shape index (κ3) is 1.96. The van der Waals surface area contributed by atoms with Crippen LogP contribution in [0.1, 0.15) is 19.8 Å². The monoisotopic (exact) mass is 206 g/mol. The summed E-state index contributed by atoms with van der Waals surface area (Å²) < 4.78 is 5.59. The standard InChI is InChI=1S/C12H14O3/c1-12(11(13)14,9-7-8-9)15-10-5-3-2-4-6-10/h2-6,9H,7-8H2,1H3,(H,13,14). The fourth-order valence-corrected chi connectivity index (χ4v) is 1.67. The Morgan fingerprint density at radius 2 is 2.00 bits per heavy atom. The molecule has 15 heavy (non-hydrogen) atoms. The summed E-state index contributed by atoms with van der Waals surface area (Å²) >= 11 is 0. The minimum absolute atomic E-state index is 0.148. The van der Waals surface area contributed by atoms with Crippen molar-refractivity contribution in [2.75, 3.05) is 0 Å². The highest BCUT2D eigenvalue weighted by molar-refractivity contribution is 5.78. The topological polar surface area (TPSA) is 46.5 Å². The number of carbonyl (C=O) groups is 1. The van der Waals surface area contributed by atoms with Crippen LogP contribution in [0.5, 0.6) is 5.75 Å². The van der Waals surface area contributed by atoms with Gasteiger partial charge in [0, 0.05) is 5.92 Å². The SMILES string of the molecule is CC(Oc1ccccc1)(C(=O)O)C1CC1. The maximum Gasteiger partial charge on any atom is 0.348 e. The molecule has 2 rings (SSSR count). The Morgan fingerprint density at radius 1 is 1.40 bits per heavy atom. The van der Waals surface area contributed by atoms with Crippen LogP contribution in [0, 0.1) is 5.92 Å². The van der Waals surface area contributed by atoms with Gasteiger partial charge in [-0.05, 0) is 31.9 Å². The van der Waals surface area contributed by atoms with Gasteiger partial charge in [0.15, 0.2) is 0 Å². The molecule has 1 aliphatic carbocycles. The van der Waals surface area contributed by atoms with Crippen molar-refractivity contribution in [3.05, 3.63) is 30.3 Å². The molecule has 0 radical (unpaired) electrons. The third-order valence-electron chi connectivity index (χ3n) is 2.85. The van der Waals surface area contributed by atoms with E-state index in [-0.39, 0.29) is 5.92 Å². The smallest absolute Gasteiger partial charge is 0.348 e. The predicted octanol–water partition coefficient (Wildman–Crippen LogP) is 2.32. The van der Waals surface area contributed by atoms with Crippen molar-refractivity contribution in [3.63, 3.8) is 0 Å². The number of benzene rings is 1. The first-order chi connectivity index (χ1) is 7.13. The predicted molar refractivity (Wildman–Crippen MR) is 55.8 cm³/mol. The van der Waals surface area contributed by atoms with Crippen molar-refractivity contribution in [1.82, 2.24) is 0 Å². The highest BCUT2D eigenvalue weighted by atomic mass is 16.5. The molecule has 1 N–H and O–H groups in total. The fraction of sp³-hybridized carbons (Fsp3) is 0.417. The van der Waals surface area contributed by atoms with Gasteiger partial charge in [0.1, 0.15) is 5.75 Å². The van der Waals surface area contributed by atoms with Gasteiger partial charge in [-0.3, -0.25) is 0 Å². The van der Waals surface area contributed by atoms with Crippen molar-refractivity contribution in [2.45, 2.75) is 25.4 Å². The molecule has 0 bridgehead atoms. The Morgan fingerprint density at radius 3 is 2.47 bits per heavy atom. The average Bonchev–Trinajstić information content (AvgIpc) is 3.02. The van der Waals surface area contributed by atoms with Crippen molar-refractivity contribution in [1.29, 1.82) is 0 Å². The summed E-state index contributed by atoms with van der Waals surface area (Å²) in [6, 6.07) is 9.12. The number of carboxylic acid groups (broad SMARTS) is 1. The van der Waals surface area contributed by atoms with E-state index in [1.54, 1.807) is 19.1 Å². The van der Waals surface area contributed by atoms with Gasteiger partial charge < -0.3 is 9.84 Å². The zero-order chi connectivity index (χ0) is 10.9. The normalized spacial score (nSPS) is 19.3. The van der Waals surface area contributed by atoms with Crippen molar-refractivity contribution < 1.29 is 14.6 Å². The summed E-state index contributed by atoms with van der Waals surface area (Å²) in [5.74, 6) is -0.113. The molecule has 0 aromatic heterocycles. The van der Waals surface area contributed by atoms with E-state index in [2.05, 4.69) is 0 Å². The highest BCUT2D eigenvalue weighted by Crippen LogP contribution is 2.42. The number of rotatable bonds is 4. The molecule has 0 aliphatic heterocycles. The molecule has 1 aromatic carbocycles. The number of hydrogen-bond donors (Lipinski definition) is 1. The lowest BCUT2D eigenvalue weighted by atomic mass is 10.0. The van der Waals surface area contributed by atoms with Crippen LogP contribution in [0.25, 0.3) is 0 Å². The van der Waals surface area contributed by atoms with Gasteiger partial charge in [0.05, 0.1) is 0 Å². The molecular formula is C12H14O3. The summed E-state index contributed by atoms with van der Waals surface area (Å²) in [5, 5.41) is 9.18. The summed E-state index contributed by atoms with van der Waals surface area (Å²) in [6.07, 6.45) is 1.88. The summed E-state index contributed by atoms with van der Waals surface area (Å²) in [4.78, 5) is 11.2. The Labute approximate surface area is 88.7 Å². The van der Waals surface area contributed by atoms with Crippen molar-refractivity contribution in [3.8, 4) is 5.75 Å². The highest BCUT2D eigenvalue weighted by Gasteiger charge is 2.49. The van der Waals surface area contributed by atoms with Gasteiger partial charge in [0.2, 0.25) is 5.60 Å². The molecule has 1 aliphatic rings. The fourth-order valence-electron chi connectivity index (χ4n) is 1.67. The van der Waals surface area contributed by atoms with Gasteiger partial charge in [-0.2, -0.15) is 0 Å². The van der Waals surface area contributed by atoms with Gasteiger partial charge in [0.25, 0.3) is 0 Å². The lowest BCUT2D eigenvalue weighted by molar-refractivity contribution is -0.155. The van der Waals surface area contributed by atoms with Crippen LogP contribution in [0.15, 0.2) is 30.3 Å². The summed E-state index contributed by atoms with van der Waals surface area (Å²) in [5.41, 5.74) is -1.07. The molecule has 0 spiro atoms. The molecule has 1 aromatic rings. The largest absolute Gasteiger partial charge is 0.478 e. The zero-order valence-corrected chi connectivity index (χ0v) is 8.64. The van der Waals surface area contributed by atoms with Crippen LogP contribution in [-0.2, 0) is 4.79 Å². The van der Waals surface area contributed by atoms with Gasteiger partial charge >= 0.3 is 5.97 Å². The van der Waals surface area contributed by atoms with Crippen LogP contribution < -0.4 is 4.74 Å². The molecule has 0 amide bonds. The Bertz CT molecular complexity index is 356. The minimum atomic E-state index is -1.07. The van der Waals surface area contributed by atoms with Gasteiger partial charge in [-0.15, -0.1) is 0 Å². The Kier molecular flexibility index (Phi) is 2.39. The van der Waals surface area contributed by atoms with Crippen LogP contribution >= 0.6 is 0 Å². The second kappa shape index (κ2) is 3.57. The molecule has 1 saturated carbocycles. The molecule has 3 heteroatoms. The van der Waals surface area contributed by atoms with Crippen molar-refractivity contribution in [2.24, 2.45) is 5.92 Å².